The van der Waals surface area contributed by atoms with Gasteiger partial charge in [-0.1, -0.05) is 6.42 Å². The normalized spacial score (nSPS) is 36.8. The number of hydrogen-bond acceptors (Lipinski definition) is 7. The summed E-state index contributed by atoms with van der Waals surface area (Å²) < 4.78 is 107. The molecule has 1 heterocycles. The summed E-state index contributed by atoms with van der Waals surface area (Å²) in [7, 11) is -11.2. The van der Waals surface area contributed by atoms with Gasteiger partial charge in [0.1, 0.15) is 6.10 Å². The summed E-state index contributed by atoms with van der Waals surface area (Å²) in [5, 5.41) is -5.02. The van der Waals surface area contributed by atoms with Crippen molar-refractivity contribution < 1.29 is 43.7 Å². The lowest BCUT2D eigenvalue weighted by molar-refractivity contribution is -0.0131. The van der Waals surface area contributed by atoms with Gasteiger partial charge >= 0.3 is 5.25 Å². The molecule has 0 radical (unpaired) electrons. The molecule has 1 aliphatic heterocycles. The highest BCUT2D eigenvalue weighted by Gasteiger charge is 2.55. The van der Waals surface area contributed by atoms with E-state index in [4.69, 9.17) is 13.7 Å². The molecule has 30 heavy (non-hydrogen) atoms. The van der Waals surface area contributed by atoms with Crippen LogP contribution < -0.4 is 0 Å². The summed E-state index contributed by atoms with van der Waals surface area (Å²) in [5.41, 5.74) is 0. The molecule has 4 aliphatic rings. The molecule has 174 valence electrons. The van der Waals surface area contributed by atoms with Crippen LogP contribution >= 0.6 is 0 Å². The van der Waals surface area contributed by atoms with Crippen LogP contribution in [0.4, 0.5) is 13.2 Å². The van der Waals surface area contributed by atoms with E-state index < -0.39 is 50.9 Å². The van der Waals surface area contributed by atoms with Gasteiger partial charge < -0.3 is 13.6 Å². The average Bonchev–Trinajstić information content (AvgIpc) is 3.03. The summed E-state index contributed by atoms with van der Waals surface area (Å²) in [6.45, 7) is 0.0798. The summed E-state index contributed by atoms with van der Waals surface area (Å²) in [6.07, 6.45) is -0.720. The zero-order valence-corrected chi connectivity index (χ0v) is 17.8. The molecule has 0 amide bonds. The van der Waals surface area contributed by atoms with E-state index in [1.165, 1.54) is 0 Å². The Morgan fingerprint density at radius 3 is 2.50 bits per heavy atom. The maximum atomic E-state index is 14.1. The Bertz CT molecular complexity index is 849. The Balaban J connectivity index is 1.32. The van der Waals surface area contributed by atoms with E-state index in [1.807, 2.05) is 0 Å². The Labute approximate surface area is 174 Å². The maximum Gasteiger partial charge on any atom is 0.360 e. The summed E-state index contributed by atoms with van der Waals surface area (Å²) >= 11 is 0. The van der Waals surface area contributed by atoms with E-state index in [9.17, 15) is 30.0 Å². The van der Waals surface area contributed by atoms with Crippen molar-refractivity contribution in [2.75, 3.05) is 19.8 Å². The van der Waals surface area contributed by atoms with E-state index in [-0.39, 0.29) is 18.6 Å². The summed E-state index contributed by atoms with van der Waals surface area (Å²) in [5.74, 6) is 1.11. The van der Waals surface area contributed by atoms with Gasteiger partial charge in [-0.15, -0.1) is 0 Å². The highest BCUT2D eigenvalue weighted by atomic mass is 32.3. The summed E-state index contributed by atoms with van der Waals surface area (Å²) in [6, 6.07) is 0. The minimum absolute atomic E-state index is 0.0443. The molecule has 2 bridgehead atoms. The van der Waals surface area contributed by atoms with Crippen LogP contribution in [0.15, 0.2) is 0 Å². The molecule has 4 rings (SSSR count). The van der Waals surface area contributed by atoms with Crippen molar-refractivity contribution in [1.82, 2.24) is 0 Å². The Kier molecular flexibility index (Phi) is 6.17. The smallest absolute Gasteiger partial charge is 0.360 e. The Hall–Kier alpha value is -0.470. The van der Waals surface area contributed by atoms with Crippen molar-refractivity contribution in [1.29, 1.82) is 0 Å². The van der Waals surface area contributed by atoms with Crippen LogP contribution in [0.1, 0.15) is 38.5 Å². The predicted molar refractivity (Wildman–Crippen MR) is 98.1 cm³/mol. The molecule has 8 nitrogen and oxygen atoms in total. The lowest BCUT2D eigenvalue weighted by Crippen LogP contribution is -2.40. The van der Waals surface area contributed by atoms with Gasteiger partial charge in [0.25, 0.3) is 0 Å². The molecule has 0 aromatic rings. The van der Waals surface area contributed by atoms with Crippen LogP contribution in [-0.2, 0) is 34.0 Å². The van der Waals surface area contributed by atoms with E-state index in [1.54, 1.807) is 0 Å². The van der Waals surface area contributed by atoms with Crippen LogP contribution in [0.2, 0.25) is 0 Å². The van der Waals surface area contributed by atoms with Gasteiger partial charge in [-0.2, -0.15) is 8.78 Å². The third-order valence-corrected chi connectivity index (χ3v) is 9.68. The first kappa shape index (κ1) is 22.7. The first-order chi connectivity index (χ1) is 14.0. The quantitative estimate of drug-likeness (QED) is 0.333. The number of ether oxygens (including phenoxy) is 2. The lowest BCUT2D eigenvalue weighted by Gasteiger charge is -2.34. The van der Waals surface area contributed by atoms with Crippen molar-refractivity contribution in [3.05, 3.63) is 4.13 Å². The largest absolute Gasteiger partial charge is 0.406 e. The van der Waals surface area contributed by atoms with Gasteiger partial charge in [-0.05, 0) is 49.4 Å². The van der Waals surface area contributed by atoms with E-state index in [0.29, 0.717) is 30.8 Å². The van der Waals surface area contributed by atoms with Gasteiger partial charge in [0.2, 0.25) is 10.3 Å². The number of sulfonamides is 1. The number of epoxide rings is 1. The molecule has 0 spiro atoms. The van der Waals surface area contributed by atoms with Crippen LogP contribution in [0.25, 0.3) is 4.13 Å². The zero-order valence-electron chi connectivity index (χ0n) is 16.2. The number of alkyl halides is 3. The second-order valence-electron chi connectivity index (χ2n) is 8.61. The molecule has 0 N–H and O–H groups in total. The standard InChI is InChI=1S/C17H25F3NO7S2/c18-16(4-5-26-8-11-9-27-11)17(19,20)29(22,23)21-30(24,25)28-15-7-10-6-14(15)13-3-1-2-12(10)13/h10-16H,1-9H2/q-1. The molecule has 0 aromatic carbocycles. The third-order valence-electron chi connectivity index (χ3n) is 6.73. The predicted octanol–water partition coefficient (Wildman–Crippen LogP) is 2.51. The molecule has 3 aliphatic carbocycles. The molecule has 4 fully saturated rings. The molecule has 7 atom stereocenters. The molecule has 7 unspecified atom stereocenters. The highest BCUT2D eigenvalue weighted by molar-refractivity contribution is 8.10. The van der Waals surface area contributed by atoms with Gasteiger partial charge in [0.15, 0.2) is 16.2 Å². The monoisotopic (exact) mass is 476 g/mol. The lowest BCUT2D eigenvalue weighted by atomic mass is 9.80. The van der Waals surface area contributed by atoms with Crippen molar-refractivity contribution in [2.24, 2.45) is 23.7 Å². The van der Waals surface area contributed by atoms with Gasteiger partial charge in [-0.3, -0.25) is 4.18 Å². The van der Waals surface area contributed by atoms with Gasteiger partial charge in [0, 0.05) is 13.0 Å². The first-order valence-corrected chi connectivity index (χ1v) is 12.9. The molecular formula is C17H25F3NO7S2-. The topological polar surface area (TPSA) is 113 Å². The number of fused-ring (bicyclic) bond motifs is 5. The Morgan fingerprint density at radius 2 is 1.80 bits per heavy atom. The maximum absolute atomic E-state index is 14.1. The molecular weight excluding hydrogens is 451 g/mol. The zero-order chi connectivity index (χ0) is 21.7. The van der Waals surface area contributed by atoms with Crippen molar-refractivity contribution in [3.8, 4) is 0 Å². The van der Waals surface area contributed by atoms with Crippen LogP contribution in [0, 0.1) is 23.7 Å². The third kappa shape index (κ3) is 4.51. The summed E-state index contributed by atoms with van der Waals surface area (Å²) in [4.78, 5) is 0. The second-order valence-corrected chi connectivity index (χ2v) is 11.8. The van der Waals surface area contributed by atoms with Crippen molar-refractivity contribution >= 4 is 20.3 Å². The number of nitrogens with zero attached hydrogens (tertiary/aromatic N) is 1. The van der Waals surface area contributed by atoms with Gasteiger partial charge in [0.05, 0.1) is 19.3 Å². The van der Waals surface area contributed by atoms with Crippen molar-refractivity contribution in [3.63, 3.8) is 0 Å². The van der Waals surface area contributed by atoms with E-state index in [0.717, 1.165) is 25.7 Å². The molecule has 1 saturated heterocycles. The van der Waals surface area contributed by atoms with Crippen molar-refractivity contribution in [2.45, 2.75) is 62.2 Å². The minimum atomic E-state index is -6.01. The number of rotatable bonds is 11. The first-order valence-electron chi connectivity index (χ1n) is 10.1. The SMILES string of the molecule is O=S(=O)([N-]S(=O)(=O)C(F)(F)C(F)CCOCC1CO1)OC1CC2CC1C1CCCC21. The molecule has 3 saturated carbocycles. The second kappa shape index (κ2) is 8.14. The van der Waals surface area contributed by atoms with E-state index >= 15 is 0 Å². The fourth-order valence-corrected chi connectivity index (χ4v) is 7.83. The fraction of sp³-hybridized carbons (Fsp3) is 1.00. The van der Waals surface area contributed by atoms with Crippen LogP contribution in [0.5, 0.6) is 0 Å². The number of hydrogen-bond donors (Lipinski definition) is 0. The fourth-order valence-electron chi connectivity index (χ4n) is 5.35. The Morgan fingerprint density at radius 1 is 1.10 bits per heavy atom. The van der Waals surface area contributed by atoms with Crippen LogP contribution in [0.3, 0.4) is 0 Å². The van der Waals surface area contributed by atoms with Crippen LogP contribution in [-0.4, -0.2) is 60.3 Å². The average molecular weight is 477 g/mol. The number of halogens is 3. The van der Waals surface area contributed by atoms with Gasteiger partial charge in [-0.25, -0.2) is 21.2 Å². The minimum Gasteiger partial charge on any atom is -0.406 e. The highest BCUT2D eigenvalue weighted by Crippen LogP contribution is 2.59. The molecule has 0 aromatic heterocycles. The van der Waals surface area contributed by atoms with E-state index in [2.05, 4.69) is 4.13 Å². The molecule has 13 heteroatoms.